The number of nitrogens with zero attached hydrogens (tertiary/aromatic N) is 3. The maximum absolute atomic E-state index is 12.2. The molecule has 0 aliphatic heterocycles. The Morgan fingerprint density at radius 2 is 1.86 bits per heavy atom. The van der Waals surface area contributed by atoms with Gasteiger partial charge in [0.25, 0.3) is 0 Å². The minimum atomic E-state index is -0.0105. The van der Waals surface area contributed by atoms with Crippen LogP contribution in [0.15, 0.2) is 58.6 Å². The molecule has 0 saturated heterocycles. The highest BCUT2D eigenvalue weighted by atomic mass is 35.5. The molecule has 0 aliphatic rings. The smallest absolute Gasteiger partial charge is 0.243 e. The number of benzene rings is 2. The Morgan fingerprint density at radius 1 is 1.14 bits per heavy atom. The number of nitrogens with one attached hydrogen (secondary N) is 1. The minimum Gasteiger partial charge on any atom is -0.325 e. The molecule has 1 heterocycles. The molecular weight excluding hydrogens is 415 g/mol. The van der Waals surface area contributed by atoms with Crippen molar-refractivity contribution in [2.75, 3.05) is 5.32 Å². The fourth-order valence-corrected chi connectivity index (χ4v) is 3.83. The second-order valence-electron chi connectivity index (χ2n) is 6.69. The van der Waals surface area contributed by atoms with E-state index in [9.17, 15) is 4.79 Å². The molecule has 0 bridgehead atoms. The summed E-state index contributed by atoms with van der Waals surface area (Å²) in [6, 6.07) is 15.2. The molecule has 2 aromatic carbocycles. The molecule has 1 amide bonds. The van der Waals surface area contributed by atoms with Crippen molar-refractivity contribution in [1.29, 1.82) is 0 Å². The van der Waals surface area contributed by atoms with Crippen LogP contribution in [-0.4, -0.2) is 20.7 Å². The SMILES string of the molecule is CC(C)CC(=O)Nc1ccccc1Sc1nc(Cl)nn1Cc1ccc(Cl)cc1. The lowest BCUT2D eigenvalue weighted by Gasteiger charge is -2.12. The van der Waals surface area contributed by atoms with Gasteiger partial charge in [0.2, 0.25) is 11.2 Å². The van der Waals surface area contributed by atoms with E-state index in [-0.39, 0.29) is 11.2 Å². The van der Waals surface area contributed by atoms with Gasteiger partial charge in [0.05, 0.1) is 12.2 Å². The van der Waals surface area contributed by atoms with Gasteiger partial charge in [0.15, 0.2) is 5.16 Å². The zero-order valence-corrected chi connectivity index (χ0v) is 17.9. The van der Waals surface area contributed by atoms with Crippen LogP contribution in [0.4, 0.5) is 5.69 Å². The highest BCUT2D eigenvalue weighted by molar-refractivity contribution is 7.99. The van der Waals surface area contributed by atoms with Crippen molar-refractivity contribution in [3.8, 4) is 0 Å². The Bertz CT molecular complexity index is 957. The largest absolute Gasteiger partial charge is 0.325 e. The molecule has 0 unspecified atom stereocenters. The summed E-state index contributed by atoms with van der Waals surface area (Å²) < 4.78 is 1.74. The second kappa shape index (κ2) is 9.45. The van der Waals surface area contributed by atoms with E-state index in [1.807, 2.05) is 62.4 Å². The summed E-state index contributed by atoms with van der Waals surface area (Å²) in [7, 11) is 0. The molecule has 146 valence electrons. The lowest BCUT2D eigenvalue weighted by Crippen LogP contribution is -2.14. The molecule has 0 aliphatic carbocycles. The summed E-state index contributed by atoms with van der Waals surface area (Å²) in [5.41, 5.74) is 1.78. The molecule has 0 spiro atoms. The summed E-state index contributed by atoms with van der Waals surface area (Å²) in [6.45, 7) is 4.55. The van der Waals surface area contributed by atoms with Gasteiger partial charge in [0, 0.05) is 16.3 Å². The Balaban J connectivity index is 1.81. The Morgan fingerprint density at radius 3 is 2.57 bits per heavy atom. The highest BCUT2D eigenvalue weighted by Crippen LogP contribution is 2.33. The van der Waals surface area contributed by atoms with Gasteiger partial charge in [0.1, 0.15) is 0 Å². The third-order valence-electron chi connectivity index (χ3n) is 3.81. The maximum Gasteiger partial charge on any atom is 0.243 e. The average Bonchev–Trinajstić information content (AvgIpc) is 2.97. The molecule has 3 rings (SSSR count). The van der Waals surface area contributed by atoms with Gasteiger partial charge in [-0.1, -0.05) is 49.7 Å². The fourth-order valence-electron chi connectivity index (χ4n) is 2.57. The van der Waals surface area contributed by atoms with Crippen LogP contribution in [-0.2, 0) is 11.3 Å². The molecule has 3 aromatic rings. The van der Waals surface area contributed by atoms with E-state index >= 15 is 0 Å². The van der Waals surface area contributed by atoms with E-state index in [4.69, 9.17) is 23.2 Å². The monoisotopic (exact) mass is 434 g/mol. The zero-order chi connectivity index (χ0) is 20.1. The first-order chi connectivity index (χ1) is 13.4. The number of rotatable bonds is 7. The predicted molar refractivity (Wildman–Crippen MR) is 114 cm³/mol. The number of aromatic nitrogens is 3. The van der Waals surface area contributed by atoms with Crippen molar-refractivity contribution in [3.63, 3.8) is 0 Å². The number of carbonyl (C=O) groups is 1. The van der Waals surface area contributed by atoms with E-state index in [1.165, 1.54) is 11.8 Å². The molecule has 28 heavy (non-hydrogen) atoms. The molecule has 0 atom stereocenters. The number of anilines is 1. The number of para-hydroxylation sites is 1. The van der Waals surface area contributed by atoms with E-state index < -0.39 is 0 Å². The summed E-state index contributed by atoms with van der Waals surface area (Å²) in [5, 5.41) is 8.77. The lowest BCUT2D eigenvalue weighted by molar-refractivity contribution is -0.116. The number of hydrogen-bond acceptors (Lipinski definition) is 4. The van der Waals surface area contributed by atoms with Gasteiger partial charge < -0.3 is 5.32 Å². The topological polar surface area (TPSA) is 59.8 Å². The summed E-state index contributed by atoms with van der Waals surface area (Å²) in [5.74, 6) is 0.282. The third-order valence-corrected chi connectivity index (χ3v) is 5.29. The molecule has 1 N–H and O–H groups in total. The summed E-state index contributed by atoms with van der Waals surface area (Å²) in [4.78, 5) is 17.4. The van der Waals surface area contributed by atoms with Crippen LogP contribution in [0.25, 0.3) is 0 Å². The third kappa shape index (κ3) is 5.74. The van der Waals surface area contributed by atoms with Crippen molar-refractivity contribution in [2.24, 2.45) is 5.92 Å². The van der Waals surface area contributed by atoms with Crippen LogP contribution in [0.2, 0.25) is 10.3 Å². The van der Waals surface area contributed by atoms with Crippen LogP contribution in [0.3, 0.4) is 0 Å². The van der Waals surface area contributed by atoms with E-state index in [0.717, 1.165) is 16.1 Å². The number of halogens is 2. The Kier molecular flexibility index (Phi) is 6.99. The quantitative estimate of drug-likeness (QED) is 0.512. The average molecular weight is 435 g/mol. The van der Waals surface area contributed by atoms with Crippen LogP contribution in [0.5, 0.6) is 0 Å². The van der Waals surface area contributed by atoms with Crippen molar-refractivity contribution in [3.05, 3.63) is 64.4 Å². The summed E-state index contributed by atoms with van der Waals surface area (Å²) in [6.07, 6.45) is 0.470. The molecule has 5 nitrogen and oxygen atoms in total. The first-order valence-corrected chi connectivity index (χ1v) is 10.4. The molecule has 0 radical (unpaired) electrons. The normalized spacial score (nSPS) is 11.0. The Hall–Kier alpha value is -2.02. The van der Waals surface area contributed by atoms with Crippen LogP contribution >= 0.6 is 35.0 Å². The van der Waals surface area contributed by atoms with Gasteiger partial charge >= 0.3 is 0 Å². The van der Waals surface area contributed by atoms with E-state index in [1.54, 1.807) is 4.68 Å². The van der Waals surface area contributed by atoms with Crippen LogP contribution in [0, 0.1) is 5.92 Å². The molecule has 0 fully saturated rings. The second-order valence-corrected chi connectivity index (χ2v) is 8.48. The van der Waals surface area contributed by atoms with Gasteiger partial charge in [-0.05, 0) is 59.1 Å². The number of hydrogen-bond donors (Lipinski definition) is 1. The van der Waals surface area contributed by atoms with Gasteiger partial charge in [-0.15, -0.1) is 5.10 Å². The van der Waals surface area contributed by atoms with E-state index in [0.29, 0.717) is 29.1 Å². The van der Waals surface area contributed by atoms with Crippen molar-refractivity contribution >= 4 is 46.6 Å². The van der Waals surface area contributed by atoms with Gasteiger partial charge in [-0.2, -0.15) is 4.98 Å². The standard InChI is InChI=1S/C20H20Cl2N4OS/c1-13(2)11-18(27)23-16-5-3-4-6-17(16)28-20-24-19(22)25-26(20)12-14-7-9-15(21)10-8-14/h3-10,13H,11-12H2,1-2H3,(H,23,27). The van der Waals surface area contributed by atoms with Crippen molar-refractivity contribution in [2.45, 2.75) is 36.9 Å². The van der Waals surface area contributed by atoms with Gasteiger partial charge in [-0.25, -0.2) is 4.68 Å². The molecule has 0 saturated carbocycles. The van der Waals surface area contributed by atoms with E-state index in [2.05, 4.69) is 15.4 Å². The lowest BCUT2D eigenvalue weighted by atomic mass is 10.1. The highest BCUT2D eigenvalue weighted by Gasteiger charge is 2.15. The summed E-state index contributed by atoms with van der Waals surface area (Å²) >= 11 is 13.4. The first kappa shape index (κ1) is 20.7. The Labute approximate surface area is 178 Å². The number of carbonyl (C=O) groups excluding carboxylic acids is 1. The van der Waals surface area contributed by atoms with Crippen LogP contribution < -0.4 is 5.32 Å². The molecular formula is C20H20Cl2N4OS. The fraction of sp³-hybridized carbons (Fsp3) is 0.250. The zero-order valence-electron chi connectivity index (χ0n) is 15.5. The number of amides is 1. The van der Waals surface area contributed by atoms with Crippen molar-refractivity contribution < 1.29 is 4.79 Å². The molecule has 1 aromatic heterocycles. The van der Waals surface area contributed by atoms with Crippen LogP contribution in [0.1, 0.15) is 25.8 Å². The molecule has 8 heteroatoms. The maximum atomic E-state index is 12.2. The van der Waals surface area contributed by atoms with Crippen molar-refractivity contribution in [1.82, 2.24) is 14.8 Å². The predicted octanol–water partition coefficient (Wildman–Crippen LogP) is 5.77. The van der Waals surface area contributed by atoms with Gasteiger partial charge in [-0.3, -0.25) is 4.79 Å². The first-order valence-electron chi connectivity index (χ1n) is 8.82. The minimum absolute atomic E-state index is 0.0105.